The normalized spacial score (nSPS) is 16.5. The lowest BCUT2D eigenvalue weighted by Gasteiger charge is -2.26. The van der Waals surface area contributed by atoms with Gasteiger partial charge in [0.05, 0.1) is 35.8 Å². The molecule has 0 aromatic heterocycles. The summed E-state index contributed by atoms with van der Waals surface area (Å²) in [7, 11) is 1.49. The van der Waals surface area contributed by atoms with Gasteiger partial charge in [0, 0.05) is 23.4 Å². The SMILES string of the molecule is CCOC(=O)c1cccc(N2C(=O)C(=O)/C(=C(\O)c3cccc([N+](=O)[O-])c3)C2c2ccc(OC)cc2)c1. The molecule has 0 bridgehead atoms. The molecular formula is C27H22N2O8. The Balaban J connectivity index is 1.92. The maximum Gasteiger partial charge on any atom is 0.338 e. The van der Waals surface area contributed by atoms with Gasteiger partial charge in [-0.05, 0) is 42.8 Å². The van der Waals surface area contributed by atoms with Gasteiger partial charge in [-0.3, -0.25) is 24.6 Å². The first-order chi connectivity index (χ1) is 17.8. The number of hydrogen-bond acceptors (Lipinski definition) is 8. The minimum absolute atomic E-state index is 0.00554. The average molecular weight is 502 g/mol. The zero-order valence-electron chi connectivity index (χ0n) is 19.9. The molecule has 1 N–H and O–H groups in total. The van der Waals surface area contributed by atoms with Crippen molar-refractivity contribution >= 4 is 34.8 Å². The van der Waals surface area contributed by atoms with E-state index in [0.717, 1.165) is 6.07 Å². The van der Waals surface area contributed by atoms with Crippen LogP contribution in [-0.2, 0) is 14.3 Å². The minimum atomic E-state index is -1.09. The van der Waals surface area contributed by atoms with E-state index >= 15 is 0 Å². The van der Waals surface area contributed by atoms with Crippen molar-refractivity contribution < 1.29 is 33.9 Å². The van der Waals surface area contributed by atoms with Crippen molar-refractivity contribution in [3.05, 3.63) is 105 Å². The molecule has 0 saturated carbocycles. The van der Waals surface area contributed by atoms with Crippen LogP contribution in [0.5, 0.6) is 5.75 Å². The number of ether oxygens (including phenoxy) is 2. The van der Waals surface area contributed by atoms with E-state index in [9.17, 15) is 29.6 Å². The van der Waals surface area contributed by atoms with Gasteiger partial charge in [-0.25, -0.2) is 4.79 Å². The Morgan fingerprint density at radius 1 is 1.03 bits per heavy atom. The van der Waals surface area contributed by atoms with Crippen molar-refractivity contribution in [2.24, 2.45) is 0 Å². The number of hydrogen-bond donors (Lipinski definition) is 1. The van der Waals surface area contributed by atoms with Crippen LogP contribution < -0.4 is 9.64 Å². The Bertz CT molecular complexity index is 1430. The summed E-state index contributed by atoms with van der Waals surface area (Å²) in [6.07, 6.45) is 0. The molecule has 0 aliphatic carbocycles. The monoisotopic (exact) mass is 502 g/mol. The number of aliphatic hydroxyl groups excluding tert-OH is 1. The Kier molecular flexibility index (Phi) is 7.01. The third kappa shape index (κ3) is 4.76. The topological polar surface area (TPSA) is 136 Å². The van der Waals surface area contributed by atoms with Gasteiger partial charge in [0.25, 0.3) is 17.4 Å². The molecule has 1 saturated heterocycles. The first-order valence-corrected chi connectivity index (χ1v) is 11.2. The molecule has 1 atom stereocenters. The van der Waals surface area contributed by atoms with Crippen LogP contribution in [0.4, 0.5) is 11.4 Å². The molecule has 1 amide bonds. The molecule has 1 aliphatic heterocycles. The number of aliphatic hydroxyl groups is 1. The van der Waals surface area contributed by atoms with Gasteiger partial charge in [0.15, 0.2) is 0 Å². The van der Waals surface area contributed by atoms with Crippen LogP contribution in [0, 0.1) is 10.1 Å². The lowest BCUT2D eigenvalue weighted by Crippen LogP contribution is -2.29. The smallest absolute Gasteiger partial charge is 0.338 e. The van der Waals surface area contributed by atoms with Crippen LogP contribution in [0.3, 0.4) is 0 Å². The second kappa shape index (κ2) is 10.3. The van der Waals surface area contributed by atoms with E-state index in [-0.39, 0.29) is 34.7 Å². The number of nitrogens with zero attached hydrogens (tertiary/aromatic N) is 2. The van der Waals surface area contributed by atoms with Gasteiger partial charge in [-0.2, -0.15) is 0 Å². The molecule has 10 heteroatoms. The summed E-state index contributed by atoms with van der Waals surface area (Å²) in [5.41, 5.74) is 0.332. The molecule has 3 aromatic carbocycles. The number of ketones is 1. The number of nitro groups is 1. The average Bonchev–Trinajstić information content (AvgIpc) is 3.18. The summed E-state index contributed by atoms with van der Waals surface area (Å²) in [6.45, 7) is 1.82. The number of nitro benzene ring substituents is 1. The second-order valence-corrected chi connectivity index (χ2v) is 8.02. The Labute approximate surface area is 211 Å². The van der Waals surface area contributed by atoms with Gasteiger partial charge in [-0.15, -0.1) is 0 Å². The van der Waals surface area contributed by atoms with E-state index in [4.69, 9.17) is 9.47 Å². The molecule has 3 aromatic rings. The molecule has 10 nitrogen and oxygen atoms in total. The Morgan fingerprint density at radius 2 is 1.70 bits per heavy atom. The van der Waals surface area contributed by atoms with Crippen molar-refractivity contribution in [3.8, 4) is 5.75 Å². The third-order valence-electron chi connectivity index (χ3n) is 5.84. The van der Waals surface area contributed by atoms with Crippen molar-refractivity contribution in [2.45, 2.75) is 13.0 Å². The number of methoxy groups -OCH3 is 1. The molecule has 1 unspecified atom stereocenters. The molecule has 0 radical (unpaired) electrons. The van der Waals surface area contributed by atoms with E-state index in [0.29, 0.717) is 11.3 Å². The van der Waals surface area contributed by atoms with Crippen LogP contribution in [0.15, 0.2) is 78.4 Å². The number of carbonyl (C=O) groups excluding carboxylic acids is 3. The molecule has 37 heavy (non-hydrogen) atoms. The number of non-ortho nitro benzene ring substituents is 1. The van der Waals surface area contributed by atoms with Gasteiger partial charge >= 0.3 is 5.97 Å². The Hall–Kier alpha value is -4.99. The second-order valence-electron chi connectivity index (χ2n) is 8.02. The maximum absolute atomic E-state index is 13.3. The predicted octanol–water partition coefficient (Wildman–Crippen LogP) is 4.41. The number of esters is 1. The fourth-order valence-corrected chi connectivity index (χ4v) is 4.12. The summed E-state index contributed by atoms with van der Waals surface area (Å²) >= 11 is 0. The molecule has 1 fully saturated rings. The van der Waals surface area contributed by atoms with Crippen molar-refractivity contribution in [2.75, 3.05) is 18.6 Å². The summed E-state index contributed by atoms with van der Waals surface area (Å²) in [5, 5.41) is 22.4. The highest BCUT2D eigenvalue weighted by Crippen LogP contribution is 2.43. The largest absolute Gasteiger partial charge is 0.507 e. The van der Waals surface area contributed by atoms with Gasteiger partial charge in [0.1, 0.15) is 11.5 Å². The van der Waals surface area contributed by atoms with Crippen LogP contribution >= 0.6 is 0 Å². The van der Waals surface area contributed by atoms with E-state index in [1.54, 1.807) is 43.3 Å². The molecule has 0 spiro atoms. The molecule has 188 valence electrons. The lowest BCUT2D eigenvalue weighted by molar-refractivity contribution is -0.384. The summed E-state index contributed by atoms with van der Waals surface area (Å²) in [6, 6.07) is 16.6. The maximum atomic E-state index is 13.3. The number of carbonyl (C=O) groups is 3. The van der Waals surface area contributed by atoms with Crippen LogP contribution in [0.25, 0.3) is 5.76 Å². The van der Waals surface area contributed by atoms with Crippen molar-refractivity contribution in [1.82, 2.24) is 0 Å². The summed E-state index contributed by atoms with van der Waals surface area (Å²) in [5.74, 6) is -2.55. The van der Waals surface area contributed by atoms with Crippen LogP contribution in [0.2, 0.25) is 0 Å². The molecule has 4 rings (SSSR count). The molecular weight excluding hydrogens is 480 g/mol. The lowest BCUT2D eigenvalue weighted by atomic mass is 9.95. The van der Waals surface area contributed by atoms with Crippen LogP contribution in [-0.4, -0.2) is 41.4 Å². The fourth-order valence-electron chi connectivity index (χ4n) is 4.12. The zero-order chi connectivity index (χ0) is 26.7. The third-order valence-corrected chi connectivity index (χ3v) is 5.84. The molecule has 1 heterocycles. The highest BCUT2D eigenvalue weighted by molar-refractivity contribution is 6.51. The first kappa shape index (κ1) is 25.1. The van der Waals surface area contributed by atoms with E-state index in [2.05, 4.69) is 0 Å². The first-order valence-electron chi connectivity index (χ1n) is 11.2. The standard InChI is InChI=1S/C27H22N2O8/c1-3-37-27(33)18-7-5-8-19(15-18)28-23(16-10-12-21(36-2)13-11-16)22(25(31)26(28)32)24(30)17-6-4-9-20(14-17)29(34)35/h4-15,23,30H,3H2,1-2H3/b24-22-. The minimum Gasteiger partial charge on any atom is -0.507 e. The van der Waals surface area contributed by atoms with Crippen molar-refractivity contribution in [3.63, 3.8) is 0 Å². The number of benzene rings is 3. The van der Waals surface area contributed by atoms with E-state index < -0.39 is 34.4 Å². The van der Waals surface area contributed by atoms with Crippen LogP contribution in [0.1, 0.15) is 34.5 Å². The zero-order valence-corrected chi connectivity index (χ0v) is 19.9. The molecule has 1 aliphatic rings. The highest BCUT2D eigenvalue weighted by atomic mass is 16.6. The van der Waals surface area contributed by atoms with E-state index in [1.165, 1.54) is 42.3 Å². The quantitative estimate of drug-likeness (QED) is 0.125. The van der Waals surface area contributed by atoms with Gasteiger partial charge in [-0.1, -0.05) is 30.3 Å². The van der Waals surface area contributed by atoms with Gasteiger partial charge < -0.3 is 14.6 Å². The predicted molar refractivity (Wildman–Crippen MR) is 133 cm³/mol. The van der Waals surface area contributed by atoms with E-state index in [1.807, 2.05) is 0 Å². The summed E-state index contributed by atoms with van der Waals surface area (Å²) in [4.78, 5) is 50.7. The highest BCUT2D eigenvalue weighted by Gasteiger charge is 2.47. The number of anilines is 1. The number of amides is 1. The fraction of sp³-hybridized carbons (Fsp3) is 0.148. The Morgan fingerprint density at radius 3 is 2.35 bits per heavy atom. The number of rotatable bonds is 7. The summed E-state index contributed by atoms with van der Waals surface area (Å²) < 4.78 is 10.3. The number of Topliss-reactive ketones (excluding diaryl/α,β-unsaturated/α-hetero) is 1. The van der Waals surface area contributed by atoms with Crippen molar-refractivity contribution in [1.29, 1.82) is 0 Å². The van der Waals surface area contributed by atoms with Gasteiger partial charge in [0.2, 0.25) is 0 Å².